The Labute approximate surface area is 132 Å². The Kier molecular flexibility index (Phi) is 6.57. The first-order valence-electron chi connectivity index (χ1n) is 7.37. The monoisotopic (exact) mass is 300 g/mol. The number of anilines is 1. The third-order valence-corrected chi connectivity index (χ3v) is 3.56. The van der Waals surface area contributed by atoms with E-state index in [1.165, 1.54) is 4.90 Å². The molecule has 0 saturated carbocycles. The predicted octanol–water partition coefficient (Wildman–Crippen LogP) is 3.05. The molecular formula is C18H24N2O2. The number of hydrogen-bond acceptors (Lipinski definition) is 2. The fraction of sp³-hybridized carbons (Fsp3) is 0.333. The normalized spacial score (nSPS) is 14.6. The van der Waals surface area contributed by atoms with Gasteiger partial charge < -0.3 is 5.73 Å². The van der Waals surface area contributed by atoms with Crippen LogP contribution in [0, 0.1) is 5.92 Å². The van der Waals surface area contributed by atoms with E-state index in [1.807, 2.05) is 57.2 Å². The van der Waals surface area contributed by atoms with Gasteiger partial charge in [0, 0.05) is 5.69 Å². The summed E-state index contributed by atoms with van der Waals surface area (Å²) in [5.74, 6) is -1.03. The molecule has 0 bridgehead atoms. The van der Waals surface area contributed by atoms with Crippen LogP contribution >= 0.6 is 0 Å². The van der Waals surface area contributed by atoms with Gasteiger partial charge in [0.2, 0.25) is 11.8 Å². The number of nitrogens with zero attached hydrogens (tertiary/aromatic N) is 1. The Bertz CT molecular complexity index is 576. The summed E-state index contributed by atoms with van der Waals surface area (Å²) < 4.78 is 0. The molecule has 0 spiro atoms. The van der Waals surface area contributed by atoms with Crippen LogP contribution in [0.15, 0.2) is 54.1 Å². The Hall–Kier alpha value is -2.36. The molecule has 118 valence electrons. The maximum Gasteiger partial charge on any atom is 0.240 e. The number of nitrogens with two attached hydrogens (primary N) is 1. The van der Waals surface area contributed by atoms with Crippen LogP contribution in [0.4, 0.5) is 5.69 Å². The topological polar surface area (TPSA) is 63.4 Å². The summed E-state index contributed by atoms with van der Waals surface area (Å²) in [5.41, 5.74) is 7.14. The van der Waals surface area contributed by atoms with E-state index in [2.05, 4.69) is 0 Å². The minimum absolute atomic E-state index is 0.155. The first-order valence-corrected chi connectivity index (χ1v) is 7.37. The summed E-state index contributed by atoms with van der Waals surface area (Å²) >= 11 is 0. The van der Waals surface area contributed by atoms with Gasteiger partial charge in [-0.3, -0.25) is 14.5 Å². The van der Waals surface area contributed by atoms with E-state index in [-0.39, 0.29) is 11.8 Å². The number of allylic oxidation sites excluding steroid dienone is 3. The van der Waals surface area contributed by atoms with Crippen LogP contribution in [0.2, 0.25) is 0 Å². The van der Waals surface area contributed by atoms with Crippen LogP contribution in [-0.2, 0) is 9.59 Å². The molecule has 1 aromatic carbocycles. The van der Waals surface area contributed by atoms with Crippen molar-refractivity contribution in [3.05, 3.63) is 54.1 Å². The summed E-state index contributed by atoms with van der Waals surface area (Å²) in [5, 5.41) is 0. The molecule has 0 heterocycles. The third kappa shape index (κ3) is 4.58. The number of carbonyl (C=O) groups excluding carboxylic acids is 2. The van der Waals surface area contributed by atoms with Gasteiger partial charge in [0.15, 0.2) is 0 Å². The summed E-state index contributed by atoms with van der Waals surface area (Å²) in [6.07, 6.45) is 5.71. The Morgan fingerprint density at radius 2 is 1.77 bits per heavy atom. The molecule has 0 fully saturated rings. The molecule has 0 radical (unpaired) electrons. The molecular weight excluding hydrogens is 276 g/mol. The molecule has 2 atom stereocenters. The van der Waals surface area contributed by atoms with Gasteiger partial charge in [0.25, 0.3) is 0 Å². The zero-order chi connectivity index (χ0) is 16.7. The van der Waals surface area contributed by atoms with E-state index in [4.69, 9.17) is 5.73 Å². The standard InChI is InChI=1S/C18H24N2O2/c1-5-13(2)11-12-14(3)18(22)20(15(4)17(19)21)16-9-7-6-8-10-16/h5-12,14-15H,1-4H3,(H2,19,21)/b12-11-,13-5-. The van der Waals surface area contributed by atoms with Gasteiger partial charge in [-0.05, 0) is 32.9 Å². The average molecular weight is 300 g/mol. The molecule has 4 nitrogen and oxygen atoms in total. The lowest BCUT2D eigenvalue weighted by atomic mass is 10.1. The van der Waals surface area contributed by atoms with E-state index >= 15 is 0 Å². The van der Waals surface area contributed by atoms with Crippen LogP contribution < -0.4 is 10.6 Å². The molecule has 2 N–H and O–H groups in total. The van der Waals surface area contributed by atoms with E-state index in [9.17, 15) is 9.59 Å². The van der Waals surface area contributed by atoms with Crippen molar-refractivity contribution in [3.8, 4) is 0 Å². The number of carbonyl (C=O) groups is 2. The Morgan fingerprint density at radius 3 is 2.27 bits per heavy atom. The molecule has 2 unspecified atom stereocenters. The van der Waals surface area contributed by atoms with Gasteiger partial charge in [-0.2, -0.15) is 0 Å². The van der Waals surface area contributed by atoms with E-state index in [0.29, 0.717) is 5.69 Å². The zero-order valence-corrected chi connectivity index (χ0v) is 13.6. The van der Waals surface area contributed by atoms with Gasteiger partial charge in [-0.15, -0.1) is 0 Å². The maximum atomic E-state index is 12.7. The molecule has 0 aliphatic rings. The van der Waals surface area contributed by atoms with E-state index in [0.717, 1.165) is 5.57 Å². The molecule has 1 rings (SSSR count). The van der Waals surface area contributed by atoms with Crippen molar-refractivity contribution in [1.29, 1.82) is 0 Å². The highest BCUT2D eigenvalue weighted by Gasteiger charge is 2.28. The van der Waals surface area contributed by atoms with Crippen LogP contribution in [0.25, 0.3) is 0 Å². The summed E-state index contributed by atoms with van der Waals surface area (Å²) in [6.45, 7) is 7.36. The first-order chi connectivity index (χ1) is 10.4. The highest BCUT2D eigenvalue weighted by molar-refractivity contribution is 6.01. The van der Waals surface area contributed by atoms with Gasteiger partial charge in [0.1, 0.15) is 6.04 Å². The molecule has 0 saturated heterocycles. The largest absolute Gasteiger partial charge is 0.368 e. The lowest BCUT2D eigenvalue weighted by molar-refractivity contribution is -0.125. The second kappa shape index (κ2) is 8.17. The SMILES string of the molecule is C/C=C(C)\C=C/C(C)C(=O)N(c1ccccc1)C(C)C(N)=O. The lowest BCUT2D eigenvalue weighted by Gasteiger charge is -2.29. The smallest absolute Gasteiger partial charge is 0.240 e. The van der Waals surface area contributed by atoms with Crippen molar-refractivity contribution < 1.29 is 9.59 Å². The molecule has 1 aromatic rings. The second-order valence-corrected chi connectivity index (χ2v) is 5.30. The molecule has 2 amide bonds. The summed E-state index contributed by atoms with van der Waals surface area (Å²) in [7, 11) is 0. The van der Waals surface area contributed by atoms with Gasteiger partial charge >= 0.3 is 0 Å². The highest BCUT2D eigenvalue weighted by Crippen LogP contribution is 2.20. The third-order valence-electron chi connectivity index (χ3n) is 3.56. The number of amides is 2. The van der Waals surface area contributed by atoms with Crippen LogP contribution in [0.5, 0.6) is 0 Å². The van der Waals surface area contributed by atoms with Crippen molar-refractivity contribution in [1.82, 2.24) is 0 Å². The van der Waals surface area contributed by atoms with Crippen molar-refractivity contribution in [2.75, 3.05) is 4.90 Å². The van der Waals surface area contributed by atoms with Crippen LogP contribution in [0.1, 0.15) is 27.7 Å². The van der Waals surface area contributed by atoms with Crippen LogP contribution in [0.3, 0.4) is 0 Å². The Morgan fingerprint density at radius 1 is 1.18 bits per heavy atom. The lowest BCUT2D eigenvalue weighted by Crippen LogP contribution is -2.48. The molecule has 4 heteroatoms. The number of para-hydroxylation sites is 1. The van der Waals surface area contributed by atoms with E-state index in [1.54, 1.807) is 19.1 Å². The molecule has 22 heavy (non-hydrogen) atoms. The first kappa shape index (κ1) is 17.7. The fourth-order valence-corrected chi connectivity index (χ4v) is 1.95. The summed E-state index contributed by atoms with van der Waals surface area (Å²) in [6, 6.07) is 8.41. The average Bonchev–Trinajstić information content (AvgIpc) is 2.53. The van der Waals surface area contributed by atoms with Crippen LogP contribution in [-0.4, -0.2) is 17.9 Å². The number of benzene rings is 1. The minimum Gasteiger partial charge on any atom is -0.368 e. The van der Waals surface area contributed by atoms with Crippen molar-refractivity contribution in [2.45, 2.75) is 33.7 Å². The molecule has 0 aliphatic carbocycles. The van der Waals surface area contributed by atoms with Gasteiger partial charge in [0.05, 0.1) is 5.92 Å². The molecule has 0 aromatic heterocycles. The van der Waals surface area contributed by atoms with Gasteiger partial charge in [-0.25, -0.2) is 0 Å². The fourth-order valence-electron chi connectivity index (χ4n) is 1.95. The predicted molar refractivity (Wildman–Crippen MR) is 90.3 cm³/mol. The minimum atomic E-state index is -0.700. The highest BCUT2D eigenvalue weighted by atomic mass is 16.2. The second-order valence-electron chi connectivity index (χ2n) is 5.30. The quantitative estimate of drug-likeness (QED) is 0.821. The zero-order valence-electron chi connectivity index (χ0n) is 13.6. The number of hydrogen-bond donors (Lipinski definition) is 1. The summed E-state index contributed by atoms with van der Waals surface area (Å²) in [4.78, 5) is 25.8. The van der Waals surface area contributed by atoms with Gasteiger partial charge in [-0.1, -0.05) is 48.9 Å². The Balaban J connectivity index is 3.09. The number of rotatable bonds is 6. The van der Waals surface area contributed by atoms with E-state index < -0.39 is 11.9 Å². The molecule has 0 aliphatic heterocycles. The van der Waals surface area contributed by atoms with Crippen molar-refractivity contribution >= 4 is 17.5 Å². The maximum absolute atomic E-state index is 12.7. The number of primary amides is 1. The van der Waals surface area contributed by atoms with Crippen molar-refractivity contribution in [3.63, 3.8) is 0 Å². The van der Waals surface area contributed by atoms with Crippen molar-refractivity contribution in [2.24, 2.45) is 11.7 Å².